The number of methoxy groups -OCH3 is 1. The SMILES string of the molecule is CCN1CCC(n2cc(C(=O)OC)cn2)CC1. The largest absolute Gasteiger partial charge is 0.465 e. The van der Waals surface area contributed by atoms with E-state index in [0.717, 1.165) is 32.5 Å². The molecule has 0 bridgehead atoms. The van der Waals surface area contributed by atoms with E-state index in [1.54, 1.807) is 12.4 Å². The fraction of sp³-hybridized carbons (Fsp3) is 0.667. The highest BCUT2D eigenvalue weighted by molar-refractivity contribution is 5.88. The Balaban J connectivity index is 1.99. The van der Waals surface area contributed by atoms with Crippen LogP contribution in [-0.4, -0.2) is 47.4 Å². The molecule has 1 aliphatic heterocycles. The molecule has 0 spiro atoms. The number of aromatic nitrogens is 2. The molecule has 0 N–H and O–H groups in total. The summed E-state index contributed by atoms with van der Waals surface area (Å²) in [7, 11) is 1.39. The zero-order valence-corrected chi connectivity index (χ0v) is 10.4. The molecule has 1 saturated heterocycles. The summed E-state index contributed by atoms with van der Waals surface area (Å²) < 4.78 is 6.57. The summed E-state index contributed by atoms with van der Waals surface area (Å²) in [5.41, 5.74) is 0.533. The molecular formula is C12H19N3O2. The molecule has 2 heterocycles. The van der Waals surface area contributed by atoms with Crippen LogP contribution in [0, 0.1) is 0 Å². The standard InChI is InChI=1S/C12H19N3O2/c1-3-14-6-4-11(5-7-14)15-9-10(8-13-15)12(16)17-2/h8-9,11H,3-7H2,1-2H3. The third-order valence-electron chi connectivity index (χ3n) is 3.40. The summed E-state index contributed by atoms with van der Waals surface area (Å²) in [5, 5.41) is 4.26. The van der Waals surface area contributed by atoms with Crippen molar-refractivity contribution in [3.8, 4) is 0 Å². The quantitative estimate of drug-likeness (QED) is 0.744. The predicted molar refractivity (Wildman–Crippen MR) is 64.0 cm³/mol. The van der Waals surface area contributed by atoms with Crippen molar-refractivity contribution in [1.82, 2.24) is 14.7 Å². The van der Waals surface area contributed by atoms with E-state index >= 15 is 0 Å². The number of esters is 1. The molecule has 1 aromatic rings. The van der Waals surface area contributed by atoms with E-state index in [1.165, 1.54) is 7.11 Å². The average molecular weight is 237 g/mol. The van der Waals surface area contributed by atoms with E-state index in [9.17, 15) is 4.79 Å². The van der Waals surface area contributed by atoms with E-state index in [1.807, 2.05) is 4.68 Å². The van der Waals surface area contributed by atoms with Crippen LogP contribution in [0.15, 0.2) is 12.4 Å². The molecule has 0 saturated carbocycles. The van der Waals surface area contributed by atoms with Gasteiger partial charge < -0.3 is 9.64 Å². The number of carbonyl (C=O) groups is 1. The molecule has 94 valence electrons. The number of nitrogens with zero attached hydrogens (tertiary/aromatic N) is 3. The monoisotopic (exact) mass is 237 g/mol. The molecule has 0 aliphatic carbocycles. The van der Waals surface area contributed by atoms with E-state index in [0.29, 0.717) is 11.6 Å². The molecule has 0 unspecified atom stereocenters. The van der Waals surface area contributed by atoms with Crippen molar-refractivity contribution in [2.24, 2.45) is 0 Å². The van der Waals surface area contributed by atoms with Crippen molar-refractivity contribution in [3.63, 3.8) is 0 Å². The van der Waals surface area contributed by atoms with Crippen LogP contribution in [0.5, 0.6) is 0 Å². The first kappa shape index (κ1) is 12.1. The van der Waals surface area contributed by atoms with Gasteiger partial charge in [-0.25, -0.2) is 4.79 Å². The maximum atomic E-state index is 11.3. The highest BCUT2D eigenvalue weighted by Gasteiger charge is 2.21. The van der Waals surface area contributed by atoms with E-state index in [4.69, 9.17) is 0 Å². The second-order valence-electron chi connectivity index (χ2n) is 4.37. The van der Waals surface area contributed by atoms with Gasteiger partial charge in [-0.05, 0) is 19.4 Å². The summed E-state index contributed by atoms with van der Waals surface area (Å²) >= 11 is 0. The van der Waals surface area contributed by atoms with E-state index in [-0.39, 0.29) is 5.97 Å². The molecule has 1 aromatic heterocycles. The number of ether oxygens (including phenoxy) is 1. The van der Waals surface area contributed by atoms with Gasteiger partial charge in [-0.2, -0.15) is 5.10 Å². The Morgan fingerprint density at radius 2 is 2.24 bits per heavy atom. The third-order valence-corrected chi connectivity index (χ3v) is 3.40. The van der Waals surface area contributed by atoms with Crippen LogP contribution in [0.4, 0.5) is 0 Å². The summed E-state index contributed by atoms with van der Waals surface area (Å²) in [6.45, 7) is 5.51. The van der Waals surface area contributed by atoms with Gasteiger partial charge in [0, 0.05) is 19.3 Å². The first-order valence-corrected chi connectivity index (χ1v) is 6.09. The Morgan fingerprint density at radius 3 is 2.82 bits per heavy atom. The Labute approximate surface area is 101 Å². The van der Waals surface area contributed by atoms with Gasteiger partial charge in [0.1, 0.15) is 0 Å². The van der Waals surface area contributed by atoms with Crippen LogP contribution >= 0.6 is 0 Å². The van der Waals surface area contributed by atoms with Crippen LogP contribution in [-0.2, 0) is 4.74 Å². The van der Waals surface area contributed by atoms with Gasteiger partial charge in [0.15, 0.2) is 0 Å². The number of carbonyl (C=O) groups excluding carboxylic acids is 1. The van der Waals surface area contributed by atoms with E-state index in [2.05, 4.69) is 21.7 Å². The number of likely N-dealkylation sites (tertiary alicyclic amines) is 1. The Morgan fingerprint density at radius 1 is 1.53 bits per heavy atom. The van der Waals surface area contributed by atoms with Gasteiger partial charge in [0.05, 0.1) is 24.9 Å². The Hall–Kier alpha value is -1.36. The first-order chi connectivity index (χ1) is 8.24. The second kappa shape index (κ2) is 5.31. The van der Waals surface area contributed by atoms with Crippen LogP contribution in [0.25, 0.3) is 0 Å². The second-order valence-corrected chi connectivity index (χ2v) is 4.37. The number of rotatable bonds is 3. The number of piperidine rings is 1. The molecule has 0 atom stereocenters. The predicted octanol–water partition coefficient (Wildman–Crippen LogP) is 1.33. The molecule has 0 aromatic carbocycles. The Kier molecular flexibility index (Phi) is 3.78. The minimum Gasteiger partial charge on any atom is -0.465 e. The van der Waals surface area contributed by atoms with Gasteiger partial charge in [0.25, 0.3) is 0 Å². The van der Waals surface area contributed by atoms with Crippen molar-refractivity contribution in [2.45, 2.75) is 25.8 Å². The molecule has 17 heavy (non-hydrogen) atoms. The molecule has 1 aliphatic rings. The molecule has 0 radical (unpaired) electrons. The fourth-order valence-electron chi connectivity index (χ4n) is 2.26. The molecule has 5 nitrogen and oxygen atoms in total. The molecular weight excluding hydrogens is 218 g/mol. The zero-order chi connectivity index (χ0) is 12.3. The number of hydrogen-bond donors (Lipinski definition) is 0. The van der Waals surface area contributed by atoms with Crippen LogP contribution in [0.3, 0.4) is 0 Å². The lowest BCUT2D eigenvalue weighted by molar-refractivity contribution is 0.0600. The van der Waals surface area contributed by atoms with Crippen LogP contribution < -0.4 is 0 Å². The summed E-state index contributed by atoms with van der Waals surface area (Å²) in [5.74, 6) is -0.317. The molecule has 0 amide bonds. The highest BCUT2D eigenvalue weighted by Crippen LogP contribution is 2.21. The molecule has 5 heteroatoms. The van der Waals surface area contributed by atoms with E-state index < -0.39 is 0 Å². The van der Waals surface area contributed by atoms with Crippen LogP contribution in [0.1, 0.15) is 36.2 Å². The summed E-state index contributed by atoms with van der Waals surface area (Å²) in [4.78, 5) is 13.8. The van der Waals surface area contributed by atoms with Gasteiger partial charge in [-0.3, -0.25) is 4.68 Å². The molecule has 2 rings (SSSR count). The Bertz CT molecular complexity index is 381. The lowest BCUT2D eigenvalue weighted by Gasteiger charge is -2.31. The lowest BCUT2D eigenvalue weighted by atomic mass is 10.1. The van der Waals surface area contributed by atoms with Crippen molar-refractivity contribution in [1.29, 1.82) is 0 Å². The summed E-state index contributed by atoms with van der Waals surface area (Å²) in [6, 6.07) is 0.413. The fourth-order valence-corrected chi connectivity index (χ4v) is 2.26. The third kappa shape index (κ3) is 2.66. The minimum absolute atomic E-state index is 0.317. The smallest absolute Gasteiger partial charge is 0.341 e. The minimum atomic E-state index is -0.317. The van der Waals surface area contributed by atoms with Gasteiger partial charge in [-0.15, -0.1) is 0 Å². The first-order valence-electron chi connectivity index (χ1n) is 6.09. The zero-order valence-electron chi connectivity index (χ0n) is 10.4. The maximum absolute atomic E-state index is 11.3. The van der Waals surface area contributed by atoms with Gasteiger partial charge >= 0.3 is 5.97 Å². The maximum Gasteiger partial charge on any atom is 0.341 e. The average Bonchev–Trinajstić information content (AvgIpc) is 2.87. The van der Waals surface area contributed by atoms with Gasteiger partial charge in [0.2, 0.25) is 0 Å². The molecule has 1 fully saturated rings. The van der Waals surface area contributed by atoms with Crippen molar-refractivity contribution >= 4 is 5.97 Å². The van der Waals surface area contributed by atoms with Crippen molar-refractivity contribution in [2.75, 3.05) is 26.7 Å². The summed E-state index contributed by atoms with van der Waals surface area (Å²) in [6.07, 6.45) is 5.56. The highest BCUT2D eigenvalue weighted by atomic mass is 16.5. The topological polar surface area (TPSA) is 47.4 Å². The number of hydrogen-bond acceptors (Lipinski definition) is 4. The van der Waals surface area contributed by atoms with Gasteiger partial charge in [-0.1, -0.05) is 6.92 Å². The van der Waals surface area contributed by atoms with Crippen LogP contribution in [0.2, 0.25) is 0 Å². The lowest BCUT2D eigenvalue weighted by Crippen LogP contribution is -2.34. The normalized spacial score (nSPS) is 18.2. The van der Waals surface area contributed by atoms with Crippen molar-refractivity contribution < 1.29 is 9.53 Å². The van der Waals surface area contributed by atoms with Crippen molar-refractivity contribution in [3.05, 3.63) is 18.0 Å².